The van der Waals surface area contributed by atoms with Crippen LogP contribution in [0.2, 0.25) is 0 Å². The quantitative estimate of drug-likeness (QED) is 0.539. The summed E-state index contributed by atoms with van der Waals surface area (Å²) in [5, 5.41) is 2.86. The van der Waals surface area contributed by atoms with Gasteiger partial charge in [-0.25, -0.2) is 13.1 Å². The van der Waals surface area contributed by atoms with Gasteiger partial charge in [0.15, 0.2) is 0 Å². The minimum Gasteiger partial charge on any atom is -0.356 e. The summed E-state index contributed by atoms with van der Waals surface area (Å²) in [6.45, 7) is 8.85. The molecule has 4 N–H and O–H groups in total. The molecule has 0 spiro atoms. The summed E-state index contributed by atoms with van der Waals surface area (Å²) >= 11 is 1.23. The van der Waals surface area contributed by atoms with Gasteiger partial charge in [0, 0.05) is 30.4 Å². The molecule has 6 nitrogen and oxygen atoms in total. The van der Waals surface area contributed by atoms with Gasteiger partial charge in [0.25, 0.3) is 0 Å². The third kappa shape index (κ3) is 8.31. The highest BCUT2D eigenvalue weighted by Gasteiger charge is 2.21. The van der Waals surface area contributed by atoms with Gasteiger partial charge in [0.2, 0.25) is 15.9 Å². The van der Waals surface area contributed by atoms with E-state index >= 15 is 0 Å². The number of thiophene rings is 1. The van der Waals surface area contributed by atoms with Crippen LogP contribution in [0, 0.1) is 11.8 Å². The molecule has 0 bridgehead atoms. The molecule has 1 rings (SSSR count). The molecule has 0 radical (unpaired) electrons. The van der Waals surface area contributed by atoms with E-state index in [-0.39, 0.29) is 18.5 Å². The Labute approximate surface area is 155 Å². The Morgan fingerprint density at radius 2 is 1.88 bits per heavy atom. The van der Waals surface area contributed by atoms with Crippen LogP contribution in [-0.4, -0.2) is 33.5 Å². The van der Waals surface area contributed by atoms with Gasteiger partial charge >= 0.3 is 0 Å². The lowest BCUT2D eigenvalue weighted by atomic mass is 10.1. The van der Waals surface area contributed by atoms with Crippen LogP contribution in [0.5, 0.6) is 0 Å². The second kappa shape index (κ2) is 10.3. The number of nitrogens with two attached hydrogens (primary N) is 1. The van der Waals surface area contributed by atoms with Crippen molar-refractivity contribution in [2.75, 3.05) is 13.1 Å². The molecule has 8 heteroatoms. The Bertz CT molecular complexity index is 639. The maximum absolute atomic E-state index is 12.5. The number of nitrogens with one attached hydrogen (secondary N) is 2. The van der Waals surface area contributed by atoms with Crippen molar-refractivity contribution >= 4 is 27.3 Å². The number of carbonyl (C=O) groups excluding carboxylic acids is 1. The fourth-order valence-corrected chi connectivity index (χ4v) is 5.08. The number of hydrogen-bond acceptors (Lipinski definition) is 5. The first-order valence-electron chi connectivity index (χ1n) is 8.71. The Morgan fingerprint density at radius 3 is 2.44 bits per heavy atom. The standard InChI is InChI=1S/C17H31N3O3S2/c1-12(2)9-14(11-18)20-25(22,23)17-6-5-15(24-17)7-8-19-16(21)10-13(3)4/h5-6,12-14,20H,7-11,18H2,1-4H3,(H,19,21). The van der Waals surface area contributed by atoms with Gasteiger partial charge in [-0.1, -0.05) is 27.7 Å². The normalized spacial score (nSPS) is 13.4. The van der Waals surface area contributed by atoms with Gasteiger partial charge in [-0.3, -0.25) is 4.79 Å². The highest BCUT2D eigenvalue weighted by atomic mass is 32.2. The summed E-state index contributed by atoms with van der Waals surface area (Å²) in [5.41, 5.74) is 5.68. The number of rotatable bonds is 11. The maximum Gasteiger partial charge on any atom is 0.250 e. The van der Waals surface area contributed by atoms with Crippen LogP contribution in [0.4, 0.5) is 0 Å². The monoisotopic (exact) mass is 389 g/mol. The molecule has 1 amide bonds. The van der Waals surface area contributed by atoms with E-state index in [0.717, 1.165) is 4.88 Å². The van der Waals surface area contributed by atoms with E-state index in [1.807, 2.05) is 27.7 Å². The Hall–Kier alpha value is -0.960. The van der Waals surface area contributed by atoms with Crippen LogP contribution in [0.15, 0.2) is 16.3 Å². The number of sulfonamides is 1. The molecule has 0 aliphatic carbocycles. The molecule has 0 aromatic carbocycles. The van der Waals surface area contributed by atoms with Crippen LogP contribution in [-0.2, 0) is 21.2 Å². The average molecular weight is 390 g/mol. The number of carbonyl (C=O) groups is 1. The van der Waals surface area contributed by atoms with E-state index < -0.39 is 10.0 Å². The van der Waals surface area contributed by atoms with E-state index in [1.165, 1.54) is 11.3 Å². The zero-order valence-corrected chi connectivity index (χ0v) is 17.2. The molecule has 25 heavy (non-hydrogen) atoms. The predicted octanol–water partition coefficient (Wildman–Crippen LogP) is 2.10. The summed E-state index contributed by atoms with van der Waals surface area (Å²) in [4.78, 5) is 12.6. The second-order valence-electron chi connectivity index (χ2n) is 7.10. The summed E-state index contributed by atoms with van der Waals surface area (Å²) in [7, 11) is -3.55. The molecule has 1 unspecified atom stereocenters. The van der Waals surface area contributed by atoms with Crippen molar-refractivity contribution in [1.29, 1.82) is 0 Å². The lowest BCUT2D eigenvalue weighted by Gasteiger charge is -2.18. The molecule has 1 aromatic heterocycles. The van der Waals surface area contributed by atoms with Crippen molar-refractivity contribution in [3.05, 3.63) is 17.0 Å². The molecule has 0 saturated heterocycles. The van der Waals surface area contributed by atoms with Gasteiger partial charge in [-0.2, -0.15) is 0 Å². The fraction of sp³-hybridized carbons (Fsp3) is 0.706. The predicted molar refractivity (Wildman–Crippen MR) is 103 cm³/mol. The van der Waals surface area contributed by atoms with Gasteiger partial charge in [-0.15, -0.1) is 11.3 Å². The minimum absolute atomic E-state index is 0.0283. The molecule has 0 saturated carbocycles. The Kier molecular flexibility index (Phi) is 9.06. The number of hydrogen-bond donors (Lipinski definition) is 3. The van der Waals surface area contributed by atoms with Crippen LogP contribution >= 0.6 is 11.3 Å². The van der Waals surface area contributed by atoms with Crippen molar-refractivity contribution in [3.63, 3.8) is 0 Å². The van der Waals surface area contributed by atoms with Crippen LogP contribution in [0.25, 0.3) is 0 Å². The van der Waals surface area contributed by atoms with Crippen LogP contribution in [0.3, 0.4) is 0 Å². The molecule has 0 aliphatic rings. The average Bonchev–Trinajstić information content (AvgIpc) is 2.94. The van der Waals surface area contributed by atoms with E-state index in [2.05, 4.69) is 10.0 Å². The van der Waals surface area contributed by atoms with Crippen molar-refractivity contribution in [1.82, 2.24) is 10.0 Å². The van der Waals surface area contributed by atoms with Crippen LogP contribution < -0.4 is 15.8 Å². The molecular formula is C17H31N3O3S2. The SMILES string of the molecule is CC(C)CC(=O)NCCc1ccc(S(=O)(=O)NC(CN)CC(C)C)s1. The first kappa shape index (κ1) is 22.1. The van der Waals surface area contributed by atoms with Crippen molar-refractivity contribution in [2.45, 2.75) is 57.2 Å². The zero-order valence-electron chi connectivity index (χ0n) is 15.5. The van der Waals surface area contributed by atoms with E-state index in [4.69, 9.17) is 5.73 Å². The van der Waals surface area contributed by atoms with E-state index in [9.17, 15) is 13.2 Å². The second-order valence-corrected chi connectivity index (χ2v) is 10.2. The minimum atomic E-state index is -3.55. The van der Waals surface area contributed by atoms with Crippen molar-refractivity contribution in [2.24, 2.45) is 17.6 Å². The molecule has 0 fully saturated rings. The van der Waals surface area contributed by atoms with Gasteiger partial charge in [-0.05, 0) is 36.8 Å². The van der Waals surface area contributed by atoms with Crippen molar-refractivity contribution in [3.8, 4) is 0 Å². The number of amides is 1. The van der Waals surface area contributed by atoms with Gasteiger partial charge in [0.1, 0.15) is 4.21 Å². The summed E-state index contributed by atoms with van der Waals surface area (Å²) in [6, 6.07) is 3.15. The smallest absolute Gasteiger partial charge is 0.250 e. The summed E-state index contributed by atoms with van der Waals surface area (Å²) < 4.78 is 27.9. The van der Waals surface area contributed by atoms with E-state index in [1.54, 1.807) is 12.1 Å². The van der Waals surface area contributed by atoms with Gasteiger partial charge < -0.3 is 11.1 Å². The highest BCUT2D eigenvalue weighted by Crippen LogP contribution is 2.22. The van der Waals surface area contributed by atoms with Crippen LogP contribution in [0.1, 0.15) is 45.4 Å². The topological polar surface area (TPSA) is 101 Å². The molecule has 0 aliphatic heterocycles. The maximum atomic E-state index is 12.5. The largest absolute Gasteiger partial charge is 0.356 e. The molecule has 1 aromatic rings. The third-order valence-electron chi connectivity index (χ3n) is 3.55. The zero-order chi connectivity index (χ0) is 19.0. The highest BCUT2D eigenvalue weighted by molar-refractivity contribution is 7.91. The lowest BCUT2D eigenvalue weighted by molar-refractivity contribution is -0.121. The Balaban J connectivity index is 2.59. The van der Waals surface area contributed by atoms with Gasteiger partial charge in [0.05, 0.1) is 0 Å². The fourth-order valence-electron chi connectivity index (χ4n) is 2.44. The van der Waals surface area contributed by atoms with Crippen molar-refractivity contribution < 1.29 is 13.2 Å². The first-order valence-corrected chi connectivity index (χ1v) is 11.0. The summed E-state index contributed by atoms with van der Waals surface area (Å²) in [5.74, 6) is 0.719. The molecule has 1 heterocycles. The third-order valence-corrected chi connectivity index (χ3v) is 6.71. The lowest BCUT2D eigenvalue weighted by Crippen LogP contribution is -2.40. The first-order chi connectivity index (χ1) is 11.6. The molecular weight excluding hydrogens is 358 g/mol. The van der Waals surface area contributed by atoms with E-state index in [0.29, 0.717) is 41.9 Å². The molecule has 1 atom stereocenters. The summed E-state index contributed by atoms with van der Waals surface area (Å²) in [6.07, 6.45) is 1.83. The molecule has 144 valence electrons. The Morgan fingerprint density at radius 1 is 1.20 bits per heavy atom.